The normalized spacial score (nSPS) is 10.1. The summed E-state index contributed by atoms with van der Waals surface area (Å²) in [7, 11) is 0. The van der Waals surface area contributed by atoms with Gasteiger partial charge in [-0.1, -0.05) is 36.4 Å². The van der Waals surface area contributed by atoms with Crippen LogP contribution >= 0.6 is 0 Å². The number of aryl methyl sites for hydroxylation is 1. The third-order valence-electron chi connectivity index (χ3n) is 3.21. The molecule has 0 aliphatic heterocycles. The second-order valence-corrected chi connectivity index (χ2v) is 4.98. The van der Waals surface area contributed by atoms with Gasteiger partial charge in [0, 0.05) is 12.6 Å². The number of amides is 1. The number of hydrogen-bond donors (Lipinski definition) is 1. The predicted molar refractivity (Wildman–Crippen MR) is 86.4 cm³/mol. The Bertz CT molecular complexity index is 659. The maximum absolute atomic E-state index is 11.7. The van der Waals surface area contributed by atoms with Gasteiger partial charge in [0.2, 0.25) is 0 Å². The summed E-state index contributed by atoms with van der Waals surface area (Å²) in [5.41, 5.74) is 1.17. The minimum absolute atomic E-state index is 0.0641. The van der Waals surface area contributed by atoms with Crippen molar-refractivity contribution >= 4 is 11.6 Å². The Kier molecular flexibility index (Phi) is 6.11. The lowest BCUT2D eigenvalue weighted by atomic mass is 10.1. The summed E-state index contributed by atoms with van der Waals surface area (Å²) in [4.78, 5) is 21.8. The smallest absolute Gasteiger partial charge is 0.273 e. The van der Waals surface area contributed by atoms with Crippen LogP contribution in [0, 0.1) is 10.1 Å². The number of carbonyl (C=O) groups excluding carboxylic acids is 1. The summed E-state index contributed by atoms with van der Waals surface area (Å²) in [6.07, 6.45) is 1.74. The molecule has 0 unspecified atom stereocenters. The quantitative estimate of drug-likeness (QED) is 0.461. The van der Waals surface area contributed by atoms with Crippen LogP contribution in [-0.4, -0.2) is 24.0 Å². The molecule has 1 N–H and O–H groups in total. The fourth-order valence-electron chi connectivity index (χ4n) is 2.05. The summed E-state index contributed by atoms with van der Waals surface area (Å²) in [6.45, 7) is 0.401. The van der Waals surface area contributed by atoms with Crippen LogP contribution in [0.1, 0.15) is 12.0 Å². The van der Waals surface area contributed by atoms with Crippen molar-refractivity contribution in [1.82, 2.24) is 5.32 Å². The molecule has 0 saturated carbocycles. The molecule has 6 heteroatoms. The van der Waals surface area contributed by atoms with E-state index in [2.05, 4.69) is 5.32 Å². The Morgan fingerprint density at radius 2 is 1.91 bits per heavy atom. The van der Waals surface area contributed by atoms with Gasteiger partial charge >= 0.3 is 0 Å². The maximum atomic E-state index is 11.7. The topological polar surface area (TPSA) is 81.5 Å². The largest absolute Gasteiger partial charge is 0.484 e. The van der Waals surface area contributed by atoms with Crippen molar-refractivity contribution in [3.63, 3.8) is 0 Å². The molecule has 0 fully saturated rings. The van der Waals surface area contributed by atoms with E-state index in [-0.39, 0.29) is 18.2 Å². The van der Waals surface area contributed by atoms with Crippen LogP contribution in [0.4, 0.5) is 5.69 Å². The molecule has 2 aromatic rings. The van der Waals surface area contributed by atoms with Crippen molar-refractivity contribution in [2.24, 2.45) is 0 Å². The number of non-ortho nitro benzene ring substituents is 1. The monoisotopic (exact) mass is 314 g/mol. The number of nitro benzene ring substituents is 1. The highest BCUT2D eigenvalue weighted by Crippen LogP contribution is 2.18. The molecule has 2 rings (SSSR count). The van der Waals surface area contributed by atoms with Gasteiger partial charge in [0.15, 0.2) is 6.61 Å². The van der Waals surface area contributed by atoms with Gasteiger partial charge in [-0.2, -0.15) is 0 Å². The van der Waals surface area contributed by atoms with E-state index in [9.17, 15) is 14.9 Å². The summed E-state index contributed by atoms with van der Waals surface area (Å²) in [6, 6.07) is 15.8. The van der Waals surface area contributed by atoms with E-state index in [0.29, 0.717) is 12.3 Å². The minimum Gasteiger partial charge on any atom is -0.484 e. The molecule has 0 radical (unpaired) electrons. The summed E-state index contributed by atoms with van der Waals surface area (Å²) in [5, 5.41) is 13.4. The third-order valence-corrected chi connectivity index (χ3v) is 3.21. The first-order valence-electron chi connectivity index (χ1n) is 7.33. The highest BCUT2D eigenvalue weighted by atomic mass is 16.6. The molecule has 2 aromatic carbocycles. The lowest BCUT2D eigenvalue weighted by molar-refractivity contribution is -0.384. The van der Waals surface area contributed by atoms with Gasteiger partial charge in [-0.05, 0) is 24.5 Å². The summed E-state index contributed by atoms with van der Waals surface area (Å²) >= 11 is 0. The Labute approximate surface area is 134 Å². The molecule has 0 heterocycles. The number of ether oxygens (including phenoxy) is 1. The van der Waals surface area contributed by atoms with Crippen molar-refractivity contribution < 1.29 is 14.5 Å². The van der Waals surface area contributed by atoms with E-state index in [1.165, 1.54) is 23.8 Å². The van der Waals surface area contributed by atoms with Gasteiger partial charge in [0.25, 0.3) is 11.6 Å². The van der Waals surface area contributed by atoms with Crippen LogP contribution in [0.5, 0.6) is 5.75 Å². The molecule has 0 atom stereocenters. The Balaban J connectivity index is 1.67. The van der Waals surface area contributed by atoms with E-state index in [4.69, 9.17) is 4.74 Å². The van der Waals surface area contributed by atoms with Crippen molar-refractivity contribution in [3.05, 3.63) is 70.3 Å². The highest BCUT2D eigenvalue weighted by molar-refractivity contribution is 5.77. The van der Waals surface area contributed by atoms with E-state index in [1.54, 1.807) is 6.07 Å². The first-order valence-corrected chi connectivity index (χ1v) is 7.33. The average molecular weight is 314 g/mol. The van der Waals surface area contributed by atoms with Crippen LogP contribution in [0.25, 0.3) is 0 Å². The maximum Gasteiger partial charge on any atom is 0.273 e. The molecule has 120 valence electrons. The van der Waals surface area contributed by atoms with Crippen LogP contribution in [0.3, 0.4) is 0 Å². The first-order chi connectivity index (χ1) is 11.1. The fraction of sp³-hybridized carbons (Fsp3) is 0.235. The lowest BCUT2D eigenvalue weighted by Gasteiger charge is -2.07. The lowest BCUT2D eigenvalue weighted by Crippen LogP contribution is -2.29. The Hall–Kier alpha value is -2.89. The number of rotatable bonds is 8. The number of nitrogens with one attached hydrogen (secondary N) is 1. The molecule has 0 saturated heterocycles. The average Bonchev–Trinajstić information content (AvgIpc) is 2.58. The molecule has 0 aromatic heterocycles. The number of nitrogens with zero attached hydrogens (tertiary/aromatic N) is 1. The van der Waals surface area contributed by atoms with Gasteiger partial charge < -0.3 is 10.1 Å². The van der Waals surface area contributed by atoms with Gasteiger partial charge in [-0.3, -0.25) is 14.9 Å². The number of nitro groups is 1. The molecule has 6 nitrogen and oxygen atoms in total. The Morgan fingerprint density at radius 1 is 1.13 bits per heavy atom. The minimum atomic E-state index is -0.503. The van der Waals surface area contributed by atoms with Gasteiger partial charge in [0.1, 0.15) is 5.75 Å². The van der Waals surface area contributed by atoms with Crippen molar-refractivity contribution in [2.75, 3.05) is 13.2 Å². The molecule has 0 aliphatic carbocycles. The molecular formula is C17H18N2O4. The van der Waals surface area contributed by atoms with E-state index >= 15 is 0 Å². The van der Waals surface area contributed by atoms with Crippen molar-refractivity contribution in [2.45, 2.75) is 12.8 Å². The second kappa shape index (κ2) is 8.53. The van der Waals surface area contributed by atoms with E-state index in [0.717, 1.165) is 12.8 Å². The Morgan fingerprint density at radius 3 is 2.65 bits per heavy atom. The van der Waals surface area contributed by atoms with Crippen molar-refractivity contribution in [1.29, 1.82) is 0 Å². The summed E-state index contributed by atoms with van der Waals surface area (Å²) in [5.74, 6) is 0.0585. The zero-order chi connectivity index (χ0) is 16.5. The van der Waals surface area contributed by atoms with Gasteiger partial charge in [-0.15, -0.1) is 0 Å². The van der Waals surface area contributed by atoms with Crippen LogP contribution in [-0.2, 0) is 11.2 Å². The first kappa shape index (κ1) is 16.5. The highest BCUT2D eigenvalue weighted by Gasteiger charge is 2.08. The van der Waals surface area contributed by atoms with Crippen LogP contribution < -0.4 is 10.1 Å². The standard InChI is InChI=1S/C17H18N2O4/c20-17(18-11-5-8-14-6-2-1-3-7-14)13-23-16-10-4-9-15(12-16)19(21)22/h1-4,6-7,9-10,12H,5,8,11,13H2,(H,18,20). The van der Waals surface area contributed by atoms with Gasteiger partial charge in [-0.25, -0.2) is 0 Å². The summed E-state index contributed by atoms with van der Waals surface area (Å²) < 4.78 is 5.26. The molecule has 0 aliphatic rings. The molecule has 1 amide bonds. The fourth-order valence-corrected chi connectivity index (χ4v) is 2.05. The van der Waals surface area contributed by atoms with Crippen LogP contribution in [0.2, 0.25) is 0 Å². The number of benzene rings is 2. The van der Waals surface area contributed by atoms with Crippen molar-refractivity contribution in [3.8, 4) is 5.75 Å². The van der Waals surface area contributed by atoms with Gasteiger partial charge in [0.05, 0.1) is 11.0 Å². The number of hydrogen-bond acceptors (Lipinski definition) is 4. The van der Waals surface area contributed by atoms with E-state index < -0.39 is 4.92 Å². The third kappa shape index (κ3) is 5.78. The van der Waals surface area contributed by atoms with E-state index in [1.807, 2.05) is 30.3 Å². The predicted octanol–water partition coefficient (Wildman–Crippen LogP) is 2.72. The van der Waals surface area contributed by atoms with Crippen LogP contribution in [0.15, 0.2) is 54.6 Å². The molecule has 0 spiro atoms. The zero-order valence-electron chi connectivity index (χ0n) is 12.6. The number of carbonyl (C=O) groups is 1. The molecular weight excluding hydrogens is 296 g/mol. The molecule has 23 heavy (non-hydrogen) atoms. The SMILES string of the molecule is O=C(COc1cccc([N+](=O)[O-])c1)NCCCc1ccccc1. The molecule has 0 bridgehead atoms. The zero-order valence-corrected chi connectivity index (χ0v) is 12.6. The second-order valence-electron chi connectivity index (χ2n) is 4.98.